The fourth-order valence-corrected chi connectivity index (χ4v) is 3.11. The third kappa shape index (κ3) is 1.54. The number of rotatable bonds is 3. The van der Waals surface area contributed by atoms with Crippen molar-refractivity contribution in [3.63, 3.8) is 0 Å². The summed E-state index contributed by atoms with van der Waals surface area (Å²) >= 11 is 0. The zero-order valence-electron chi connectivity index (χ0n) is 8.94. The fraction of sp³-hybridized carbons (Fsp3) is 0.909. The Morgan fingerprint density at radius 1 is 1.50 bits per heavy atom. The molecule has 0 aromatic rings. The van der Waals surface area contributed by atoms with E-state index in [0.29, 0.717) is 17.9 Å². The van der Waals surface area contributed by atoms with Gasteiger partial charge in [0.25, 0.3) is 0 Å². The number of carbonyl (C=O) groups is 1. The smallest absolute Gasteiger partial charge is 0.321 e. The van der Waals surface area contributed by atoms with Crippen LogP contribution < -0.4 is 0 Å². The SMILES string of the molecule is CC(C)CN1C2CCC(C2)C1C(=O)O. The molecular formula is C11H19NO2. The highest BCUT2D eigenvalue weighted by molar-refractivity contribution is 5.74. The standard InChI is InChI=1S/C11H19NO2/c1-7(2)6-12-9-4-3-8(5-9)10(12)11(13)14/h7-10H,3-6H2,1-2H3,(H,13,14). The van der Waals surface area contributed by atoms with Gasteiger partial charge in [-0.3, -0.25) is 9.69 Å². The van der Waals surface area contributed by atoms with Gasteiger partial charge in [-0.15, -0.1) is 0 Å². The van der Waals surface area contributed by atoms with Gasteiger partial charge < -0.3 is 5.11 Å². The summed E-state index contributed by atoms with van der Waals surface area (Å²) in [5, 5.41) is 9.18. The molecule has 0 radical (unpaired) electrons. The maximum absolute atomic E-state index is 11.1. The molecule has 1 N–H and O–H groups in total. The minimum Gasteiger partial charge on any atom is -0.480 e. The average Bonchev–Trinajstić information content (AvgIpc) is 2.61. The largest absolute Gasteiger partial charge is 0.480 e. The molecular weight excluding hydrogens is 178 g/mol. The van der Waals surface area contributed by atoms with Gasteiger partial charge in [0, 0.05) is 12.6 Å². The van der Waals surface area contributed by atoms with E-state index >= 15 is 0 Å². The number of hydrogen-bond donors (Lipinski definition) is 1. The van der Waals surface area contributed by atoms with Crippen molar-refractivity contribution in [2.45, 2.75) is 45.2 Å². The van der Waals surface area contributed by atoms with Crippen molar-refractivity contribution in [3.8, 4) is 0 Å². The van der Waals surface area contributed by atoms with Gasteiger partial charge in [0.2, 0.25) is 0 Å². The van der Waals surface area contributed by atoms with Gasteiger partial charge >= 0.3 is 5.97 Å². The van der Waals surface area contributed by atoms with Gasteiger partial charge in [0.15, 0.2) is 0 Å². The first kappa shape index (κ1) is 9.97. The molecule has 0 aromatic heterocycles. The van der Waals surface area contributed by atoms with Gasteiger partial charge in [0.05, 0.1) is 0 Å². The lowest BCUT2D eigenvalue weighted by Gasteiger charge is -2.33. The van der Waals surface area contributed by atoms with Crippen molar-refractivity contribution >= 4 is 5.97 Å². The monoisotopic (exact) mass is 197 g/mol. The van der Waals surface area contributed by atoms with Crippen LogP contribution in [0.1, 0.15) is 33.1 Å². The molecule has 1 aliphatic heterocycles. The molecule has 2 rings (SSSR count). The molecule has 2 fully saturated rings. The molecule has 1 heterocycles. The lowest BCUT2D eigenvalue weighted by Crippen LogP contribution is -2.47. The predicted molar refractivity (Wildman–Crippen MR) is 54.1 cm³/mol. The van der Waals surface area contributed by atoms with Crippen molar-refractivity contribution < 1.29 is 9.90 Å². The number of carboxylic acids is 1. The summed E-state index contributed by atoms with van der Waals surface area (Å²) in [6.45, 7) is 5.26. The van der Waals surface area contributed by atoms with Crippen LogP contribution in [0.25, 0.3) is 0 Å². The molecule has 3 atom stereocenters. The first-order chi connectivity index (χ1) is 6.59. The number of nitrogens with zero attached hydrogens (tertiary/aromatic N) is 1. The molecule has 1 aliphatic carbocycles. The fourth-order valence-electron chi connectivity index (χ4n) is 3.11. The van der Waals surface area contributed by atoms with Gasteiger partial charge in [-0.1, -0.05) is 13.8 Å². The van der Waals surface area contributed by atoms with E-state index in [4.69, 9.17) is 0 Å². The number of piperidine rings is 1. The Bertz CT molecular complexity index is 239. The van der Waals surface area contributed by atoms with E-state index in [9.17, 15) is 9.90 Å². The van der Waals surface area contributed by atoms with E-state index in [0.717, 1.165) is 19.4 Å². The molecule has 2 aliphatic rings. The van der Waals surface area contributed by atoms with Crippen molar-refractivity contribution in [2.24, 2.45) is 11.8 Å². The predicted octanol–water partition coefficient (Wildman–Crippen LogP) is 1.58. The molecule has 0 spiro atoms. The summed E-state index contributed by atoms with van der Waals surface area (Å²) in [6.07, 6.45) is 3.45. The molecule has 0 amide bonds. The molecule has 1 saturated heterocycles. The first-order valence-corrected chi connectivity index (χ1v) is 5.58. The molecule has 2 bridgehead atoms. The topological polar surface area (TPSA) is 40.5 Å². The second-order valence-electron chi connectivity index (χ2n) is 5.10. The minimum absolute atomic E-state index is 0.184. The van der Waals surface area contributed by atoms with Crippen molar-refractivity contribution in [2.75, 3.05) is 6.54 Å². The molecule has 0 aromatic carbocycles. The highest BCUT2D eigenvalue weighted by Gasteiger charge is 2.49. The normalized spacial score (nSPS) is 36.9. The number of aliphatic carboxylic acids is 1. The van der Waals surface area contributed by atoms with Crippen LogP contribution in [0, 0.1) is 11.8 Å². The lowest BCUT2D eigenvalue weighted by molar-refractivity contribution is -0.145. The first-order valence-electron chi connectivity index (χ1n) is 5.58. The van der Waals surface area contributed by atoms with E-state index in [-0.39, 0.29) is 6.04 Å². The Morgan fingerprint density at radius 2 is 2.21 bits per heavy atom. The summed E-state index contributed by atoms with van der Waals surface area (Å²) in [7, 11) is 0. The maximum Gasteiger partial charge on any atom is 0.321 e. The van der Waals surface area contributed by atoms with Crippen LogP contribution in [0.3, 0.4) is 0 Å². The maximum atomic E-state index is 11.1. The van der Waals surface area contributed by atoms with Crippen molar-refractivity contribution in [1.29, 1.82) is 0 Å². The number of fused-ring (bicyclic) bond motifs is 2. The van der Waals surface area contributed by atoms with Crippen LogP contribution in [0.15, 0.2) is 0 Å². The summed E-state index contributed by atoms with van der Waals surface area (Å²) in [5.74, 6) is 0.380. The molecule has 14 heavy (non-hydrogen) atoms. The average molecular weight is 197 g/mol. The third-order valence-corrected chi connectivity index (χ3v) is 3.55. The van der Waals surface area contributed by atoms with Crippen molar-refractivity contribution in [1.82, 2.24) is 4.90 Å². The highest BCUT2D eigenvalue weighted by atomic mass is 16.4. The zero-order valence-corrected chi connectivity index (χ0v) is 8.94. The minimum atomic E-state index is -0.613. The van der Waals surface area contributed by atoms with Crippen LogP contribution in [0.2, 0.25) is 0 Å². The summed E-state index contributed by atoms with van der Waals surface area (Å²) in [5.41, 5.74) is 0. The van der Waals surface area contributed by atoms with Crippen LogP contribution in [0.5, 0.6) is 0 Å². The van der Waals surface area contributed by atoms with Gasteiger partial charge in [-0.05, 0) is 31.1 Å². The van der Waals surface area contributed by atoms with Crippen LogP contribution in [0.4, 0.5) is 0 Å². The lowest BCUT2D eigenvalue weighted by atomic mass is 9.98. The number of likely N-dealkylation sites (tertiary alicyclic amines) is 1. The molecule has 1 saturated carbocycles. The second-order valence-corrected chi connectivity index (χ2v) is 5.10. The highest BCUT2D eigenvalue weighted by Crippen LogP contribution is 2.42. The van der Waals surface area contributed by atoms with Gasteiger partial charge in [-0.2, -0.15) is 0 Å². The second kappa shape index (κ2) is 3.54. The van der Waals surface area contributed by atoms with Crippen LogP contribution in [-0.4, -0.2) is 34.6 Å². The summed E-state index contributed by atoms with van der Waals surface area (Å²) in [6, 6.07) is 0.375. The van der Waals surface area contributed by atoms with Crippen LogP contribution in [-0.2, 0) is 4.79 Å². The quantitative estimate of drug-likeness (QED) is 0.746. The number of carboxylic acid groups (broad SMARTS) is 1. The van der Waals surface area contributed by atoms with E-state index in [2.05, 4.69) is 18.7 Å². The van der Waals surface area contributed by atoms with Gasteiger partial charge in [-0.25, -0.2) is 0 Å². The molecule has 80 valence electrons. The molecule has 3 nitrogen and oxygen atoms in total. The Labute approximate surface area is 85.1 Å². The van der Waals surface area contributed by atoms with E-state index in [1.54, 1.807) is 0 Å². The van der Waals surface area contributed by atoms with E-state index in [1.807, 2.05) is 0 Å². The van der Waals surface area contributed by atoms with Crippen LogP contribution >= 0.6 is 0 Å². The van der Waals surface area contributed by atoms with Crippen molar-refractivity contribution in [3.05, 3.63) is 0 Å². The zero-order chi connectivity index (χ0) is 10.3. The Balaban J connectivity index is 2.09. The Morgan fingerprint density at radius 3 is 2.79 bits per heavy atom. The van der Waals surface area contributed by atoms with Gasteiger partial charge in [0.1, 0.15) is 6.04 Å². The number of hydrogen-bond acceptors (Lipinski definition) is 2. The van der Waals surface area contributed by atoms with E-state index < -0.39 is 5.97 Å². The Kier molecular flexibility index (Phi) is 2.52. The molecule has 3 heteroatoms. The molecule has 3 unspecified atom stereocenters. The summed E-state index contributed by atoms with van der Waals surface area (Å²) in [4.78, 5) is 13.4. The Hall–Kier alpha value is -0.570. The summed E-state index contributed by atoms with van der Waals surface area (Å²) < 4.78 is 0. The van der Waals surface area contributed by atoms with E-state index in [1.165, 1.54) is 6.42 Å². The third-order valence-electron chi connectivity index (χ3n) is 3.55.